The van der Waals surface area contributed by atoms with E-state index in [0.717, 1.165) is 57.6 Å². The quantitative estimate of drug-likeness (QED) is 0.293. The van der Waals surface area contributed by atoms with Crippen molar-refractivity contribution in [3.63, 3.8) is 0 Å². The standard InChI is InChI=1S/C19H39N3O2.HI/c1-5-20-19(21-15-18(7-11-23)14-16(2)3)22(4)10-6-17-8-12-24-13-9-17;/h16-18,23H,5-15H2,1-4H3,(H,20,21);1H. The minimum Gasteiger partial charge on any atom is -0.396 e. The Kier molecular flexibility index (Phi) is 15.0. The fraction of sp³-hybridized carbons (Fsp3) is 0.947. The van der Waals surface area contributed by atoms with Crippen molar-refractivity contribution in [3.8, 4) is 0 Å². The van der Waals surface area contributed by atoms with Gasteiger partial charge in [0, 0.05) is 46.5 Å². The zero-order valence-electron chi connectivity index (χ0n) is 16.7. The second-order valence-corrected chi connectivity index (χ2v) is 7.47. The predicted molar refractivity (Wildman–Crippen MR) is 117 cm³/mol. The fourth-order valence-electron chi connectivity index (χ4n) is 3.34. The van der Waals surface area contributed by atoms with Crippen LogP contribution >= 0.6 is 24.0 Å². The largest absolute Gasteiger partial charge is 0.396 e. The Hall–Kier alpha value is -0.0800. The van der Waals surface area contributed by atoms with Gasteiger partial charge in [0.25, 0.3) is 0 Å². The molecule has 0 aromatic carbocycles. The third-order valence-corrected chi connectivity index (χ3v) is 4.75. The van der Waals surface area contributed by atoms with E-state index >= 15 is 0 Å². The Morgan fingerprint density at radius 3 is 2.56 bits per heavy atom. The Bertz CT molecular complexity index is 348. The van der Waals surface area contributed by atoms with Crippen LogP contribution in [0.4, 0.5) is 0 Å². The van der Waals surface area contributed by atoms with Gasteiger partial charge in [0.1, 0.15) is 0 Å². The summed E-state index contributed by atoms with van der Waals surface area (Å²) in [5.74, 6) is 2.89. The molecule has 0 radical (unpaired) electrons. The number of ether oxygens (including phenoxy) is 1. The highest BCUT2D eigenvalue weighted by Gasteiger charge is 2.16. The molecule has 2 N–H and O–H groups in total. The van der Waals surface area contributed by atoms with Crippen LogP contribution in [0.2, 0.25) is 0 Å². The predicted octanol–water partition coefficient (Wildman–Crippen LogP) is 3.36. The molecule has 1 aliphatic heterocycles. The number of halogens is 1. The molecule has 1 saturated heterocycles. The van der Waals surface area contributed by atoms with Crippen molar-refractivity contribution >= 4 is 29.9 Å². The van der Waals surface area contributed by atoms with Gasteiger partial charge in [-0.2, -0.15) is 0 Å². The maximum atomic E-state index is 9.27. The molecule has 1 heterocycles. The SMILES string of the molecule is CCNC(=NCC(CCO)CC(C)C)N(C)CCC1CCOCC1.I. The maximum absolute atomic E-state index is 9.27. The molecule has 5 nitrogen and oxygen atoms in total. The summed E-state index contributed by atoms with van der Waals surface area (Å²) in [6.07, 6.45) is 5.54. The number of guanidine groups is 1. The number of rotatable bonds is 10. The third kappa shape index (κ3) is 11.3. The van der Waals surface area contributed by atoms with Gasteiger partial charge in [-0.1, -0.05) is 13.8 Å². The summed E-state index contributed by atoms with van der Waals surface area (Å²) in [6.45, 7) is 11.4. The summed E-state index contributed by atoms with van der Waals surface area (Å²) in [5.41, 5.74) is 0. The number of nitrogens with one attached hydrogen (secondary N) is 1. The van der Waals surface area contributed by atoms with Crippen molar-refractivity contribution in [2.24, 2.45) is 22.7 Å². The van der Waals surface area contributed by atoms with Crippen LogP contribution in [0.3, 0.4) is 0 Å². The van der Waals surface area contributed by atoms with Crippen LogP contribution < -0.4 is 5.32 Å². The third-order valence-electron chi connectivity index (χ3n) is 4.75. The molecule has 1 aliphatic rings. The molecule has 1 atom stereocenters. The first kappa shape index (κ1) is 24.9. The van der Waals surface area contributed by atoms with E-state index in [2.05, 4.69) is 38.0 Å². The van der Waals surface area contributed by atoms with Crippen LogP contribution in [-0.4, -0.2) is 62.5 Å². The van der Waals surface area contributed by atoms with E-state index in [4.69, 9.17) is 9.73 Å². The van der Waals surface area contributed by atoms with Crippen LogP contribution in [0, 0.1) is 17.8 Å². The van der Waals surface area contributed by atoms with Gasteiger partial charge < -0.3 is 20.1 Å². The molecule has 6 heteroatoms. The average molecular weight is 469 g/mol. The fourth-order valence-corrected chi connectivity index (χ4v) is 3.34. The van der Waals surface area contributed by atoms with Crippen molar-refractivity contribution in [1.82, 2.24) is 10.2 Å². The van der Waals surface area contributed by atoms with Crippen molar-refractivity contribution in [2.45, 2.75) is 52.9 Å². The van der Waals surface area contributed by atoms with Gasteiger partial charge in [0.15, 0.2) is 5.96 Å². The van der Waals surface area contributed by atoms with Crippen molar-refractivity contribution in [2.75, 3.05) is 46.5 Å². The summed E-state index contributed by atoms with van der Waals surface area (Å²) in [5, 5.41) is 12.7. The molecule has 150 valence electrons. The van der Waals surface area contributed by atoms with Crippen molar-refractivity contribution < 1.29 is 9.84 Å². The summed E-state index contributed by atoms with van der Waals surface area (Å²) < 4.78 is 5.44. The second-order valence-electron chi connectivity index (χ2n) is 7.47. The first-order valence-corrected chi connectivity index (χ1v) is 9.74. The first-order chi connectivity index (χ1) is 11.6. The number of aliphatic hydroxyl groups is 1. The monoisotopic (exact) mass is 469 g/mol. The van der Waals surface area contributed by atoms with Crippen LogP contribution in [0.15, 0.2) is 4.99 Å². The Morgan fingerprint density at radius 2 is 2.00 bits per heavy atom. The van der Waals surface area contributed by atoms with Gasteiger partial charge >= 0.3 is 0 Å². The second kappa shape index (κ2) is 15.0. The molecule has 1 fully saturated rings. The van der Waals surface area contributed by atoms with E-state index < -0.39 is 0 Å². The van der Waals surface area contributed by atoms with Crippen LogP contribution in [0.25, 0.3) is 0 Å². The summed E-state index contributed by atoms with van der Waals surface area (Å²) in [7, 11) is 2.13. The van der Waals surface area contributed by atoms with Gasteiger partial charge in [-0.05, 0) is 56.8 Å². The molecule has 0 aromatic rings. The number of nitrogens with zero attached hydrogens (tertiary/aromatic N) is 2. The minimum atomic E-state index is 0. The highest BCUT2D eigenvalue weighted by molar-refractivity contribution is 14.0. The highest BCUT2D eigenvalue weighted by Crippen LogP contribution is 2.19. The molecule has 0 aromatic heterocycles. The lowest BCUT2D eigenvalue weighted by molar-refractivity contribution is 0.0625. The minimum absolute atomic E-state index is 0. The molecule has 0 aliphatic carbocycles. The van der Waals surface area contributed by atoms with Crippen LogP contribution in [0.5, 0.6) is 0 Å². The topological polar surface area (TPSA) is 57.1 Å². The van der Waals surface area contributed by atoms with E-state index in [-0.39, 0.29) is 30.6 Å². The smallest absolute Gasteiger partial charge is 0.193 e. The summed E-state index contributed by atoms with van der Waals surface area (Å²) in [4.78, 5) is 7.10. The van der Waals surface area contributed by atoms with Gasteiger partial charge in [-0.25, -0.2) is 0 Å². The summed E-state index contributed by atoms with van der Waals surface area (Å²) in [6, 6.07) is 0. The van der Waals surface area contributed by atoms with Gasteiger partial charge in [0.05, 0.1) is 0 Å². The van der Waals surface area contributed by atoms with E-state index in [1.54, 1.807) is 0 Å². The molecular formula is C19H40IN3O2. The molecule has 1 rings (SSSR count). The van der Waals surface area contributed by atoms with E-state index in [9.17, 15) is 5.11 Å². The molecule has 0 bridgehead atoms. The molecular weight excluding hydrogens is 429 g/mol. The van der Waals surface area contributed by atoms with E-state index in [0.29, 0.717) is 11.8 Å². The Morgan fingerprint density at radius 1 is 1.32 bits per heavy atom. The summed E-state index contributed by atoms with van der Waals surface area (Å²) >= 11 is 0. The maximum Gasteiger partial charge on any atom is 0.193 e. The average Bonchev–Trinajstić information content (AvgIpc) is 2.57. The Balaban J connectivity index is 0.00000576. The first-order valence-electron chi connectivity index (χ1n) is 9.74. The number of hydrogen-bond acceptors (Lipinski definition) is 3. The van der Waals surface area contributed by atoms with Crippen LogP contribution in [0.1, 0.15) is 52.9 Å². The number of aliphatic imine (C=N–C) groups is 1. The van der Waals surface area contributed by atoms with Gasteiger partial charge in [0.2, 0.25) is 0 Å². The number of aliphatic hydroxyl groups excluding tert-OH is 1. The lowest BCUT2D eigenvalue weighted by Gasteiger charge is -2.27. The zero-order valence-corrected chi connectivity index (χ0v) is 19.0. The molecule has 0 saturated carbocycles. The zero-order chi connectivity index (χ0) is 17.8. The highest BCUT2D eigenvalue weighted by atomic mass is 127. The Labute approximate surface area is 172 Å². The van der Waals surface area contributed by atoms with Gasteiger partial charge in [-0.3, -0.25) is 4.99 Å². The van der Waals surface area contributed by atoms with E-state index in [1.807, 2.05) is 0 Å². The van der Waals surface area contributed by atoms with E-state index in [1.165, 1.54) is 19.3 Å². The van der Waals surface area contributed by atoms with Crippen molar-refractivity contribution in [3.05, 3.63) is 0 Å². The lowest BCUT2D eigenvalue weighted by Crippen LogP contribution is -2.40. The van der Waals surface area contributed by atoms with Crippen LogP contribution in [-0.2, 0) is 4.74 Å². The number of hydrogen-bond donors (Lipinski definition) is 2. The molecule has 1 unspecified atom stereocenters. The molecule has 0 amide bonds. The van der Waals surface area contributed by atoms with Crippen molar-refractivity contribution in [1.29, 1.82) is 0 Å². The molecule has 25 heavy (non-hydrogen) atoms. The van der Waals surface area contributed by atoms with Gasteiger partial charge in [-0.15, -0.1) is 24.0 Å². The lowest BCUT2D eigenvalue weighted by atomic mass is 9.94. The molecule has 0 spiro atoms. The normalized spacial score (nSPS) is 17.3.